The van der Waals surface area contributed by atoms with E-state index in [1.165, 1.54) is 17.7 Å². The molecular formula is C23H27FN2O2. The van der Waals surface area contributed by atoms with E-state index in [4.69, 9.17) is 4.74 Å². The normalized spacial score (nSPS) is 24.2. The van der Waals surface area contributed by atoms with E-state index in [0.29, 0.717) is 19.1 Å². The van der Waals surface area contributed by atoms with Gasteiger partial charge >= 0.3 is 0 Å². The van der Waals surface area contributed by atoms with Gasteiger partial charge < -0.3 is 15.0 Å². The summed E-state index contributed by atoms with van der Waals surface area (Å²) in [5, 5.41) is 3.34. The number of ether oxygens (including phenoxy) is 1. The molecule has 1 N–H and O–H groups in total. The molecular weight excluding hydrogens is 355 g/mol. The highest BCUT2D eigenvalue weighted by Crippen LogP contribution is 2.36. The van der Waals surface area contributed by atoms with Crippen molar-refractivity contribution in [3.63, 3.8) is 0 Å². The maximum Gasteiger partial charge on any atom is 0.252 e. The molecule has 1 amide bonds. The summed E-state index contributed by atoms with van der Waals surface area (Å²) >= 11 is 0. The molecule has 0 radical (unpaired) electrons. The quantitative estimate of drug-likeness (QED) is 0.863. The van der Waals surface area contributed by atoms with Gasteiger partial charge in [-0.2, -0.15) is 0 Å². The van der Waals surface area contributed by atoms with E-state index in [-0.39, 0.29) is 17.8 Å². The van der Waals surface area contributed by atoms with Crippen molar-refractivity contribution in [1.82, 2.24) is 10.2 Å². The molecule has 4 rings (SSSR count). The second-order valence-electron chi connectivity index (χ2n) is 7.67. The standard InChI is InChI=1S/C23H27FN2O2/c1-2-25-14-16-13-21(28-15-16)23(27)26-12-11-17-5-3-4-6-20(17)22(26)18-7-9-19(24)10-8-18/h3-10,16,21-22,25H,2,11-15H2,1H3/t16-,21+,22+/m1/s1. The van der Waals surface area contributed by atoms with Crippen LogP contribution in [0.15, 0.2) is 48.5 Å². The van der Waals surface area contributed by atoms with E-state index in [0.717, 1.165) is 37.1 Å². The van der Waals surface area contributed by atoms with Gasteiger partial charge in [0, 0.05) is 13.1 Å². The number of carbonyl (C=O) groups is 1. The van der Waals surface area contributed by atoms with Crippen molar-refractivity contribution in [2.75, 3.05) is 26.2 Å². The summed E-state index contributed by atoms with van der Waals surface area (Å²) in [7, 11) is 0. The topological polar surface area (TPSA) is 41.6 Å². The van der Waals surface area contributed by atoms with Crippen LogP contribution in [0.4, 0.5) is 4.39 Å². The van der Waals surface area contributed by atoms with Gasteiger partial charge in [-0.15, -0.1) is 0 Å². The summed E-state index contributed by atoms with van der Waals surface area (Å²) in [6.07, 6.45) is 1.18. The van der Waals surface area contributed by atoms with E-state index < -0.39 is 6.10 Å². The predicted octanol–water partition coefficient (Wildman–Crippen LogP) is 3.31. The molecule has 0 bridgehead atoms. The number of benzene rings is 2. The number of nitrogens with one attached hydrogen (secondary N) is 1. The minimum atomic E-state index is -0.392. The number of halogens is 1. The Hall–Kier alpha value is -2.24. The van der Waals surface area contributed by atoms with Crippen molar-refractivity contribution in [3.05, 3.63) is 71.0 Å². The van der Waals surface area contributed by atoms with Gasteiger partial charge in [-0.05, 0) is 54.1 Å². The molecule has 0 aromatic heterocycles. The van der Waals surface area contributed by atoms with Crippen LogP contribution in [0.5, 0.6) is 0 Å². The maximum atomic E-state index is 13.5. The highest BCUT2D eigenvalue weighted by molar-refractivity contribution is 5.82. The molecule has 2 aromatic rings. The molecule has 148 valence electrons. The molecule has 0 unspecified atom stereocenters. The molecule has 2 aromatic carbocycles. The number of nitrogens with zero attached hydrogens (tertiary/aromatic N) is 1. The van der Waals surface area contributed by atoms with Gasteiger partial charge in [-0.1, -0.05) is 43.3 Å². The monoisotopic (exact) mass is 382 g/mol. The number of rotatable bonds is 5. The number of amides is 1. The fourth-order valence-corrected chi connectivity index (χ4v) is 4.35. The van der Waals surface area contributed by atoms with E-state index in [9.17, 15) is 9.18 Å². The smallest absolute Gasteiger partial charge is 0.252 e. The van der Waals surface area contributed by atoms with Crippen molar-refractivity contribution in [3.8, 4) is 0 Å². The first kappa shape index (κ1) is 19.1. The molecule has 3 atom stereocenters. The Morgan fingerprint density at radius 1 is 1.21 bits per heavy atom. The summed E-state index contributed by atoms with van der Waals surface area (Å²) in [6.45, 7) is 5.15. The first-order chi connectivity index (χ1) is 13.7. The lowest BCUT2D eigenvalue weighted by atomic mass is 9.87. The van der Waals surface area contributed by atoms with Gasteiger partial charge in [0.1, 0.15) is 11.9 Å². The summed E-state index contributed by atoms with van der Waals surface area (Å²) in [5.41, 5.74) is 3.30. The van der Waals surface area contributed by atoms with Crippen LogP contribution in [0.3, 0.4) is 0 Å². The van der Waals surface area contributed by atoms with Crippen LogP contribution >= 0.6 is 0 Å². The number of fused-ring (bicyclic) bond motifs is 1. The van der Waals surface area contributed by atoms with E-state index in [1.807, 2.05) is 17.0 Å². The van der Waals surface area contributed by atoms with Crippen LogP contribution in [0.1, 0.15) is 36.1 Å². The summed E-state index contributed by atoms with van der Waals surface area (Å²) in [4.78, 5) is 15.3. The highest BCUT2D eigenvalue weighted by atomic mass is 19.1. The lowest BCUT2D eigenvalue weighted by Gasteiger charge is -2.39. The minimum Gasteiger partial charge on any atom is -0.368 e. The Bertz CT molecular complexity index is 824. The molecule has 2 aliphatic rings. The van der Waals surface area contributed by atoms with Crippen LogP contribution in [-0.2, 0) is 16.0 Å². The first-order valence-electron chi connectivity index (χ1n) is 10.1. The van der Waals surface area contributed by atoms with Gasteiger partial charge in [-0.3, -0.25) is 4.79 Å². The van der Waals surface area contributed by atoms with Gasteiger partial charge in [0.2, 0.25) is 0 Å². The summed E-state index contributed by atoms with van der Waals surface area (Å²) in [5.74, 6) is 0.147. The zero-order valence-corrected chi connectivity index (χ0v) is 16.2. The number of hydrogen-bond acceptors (Lipinski definition) is 3. The highest BCUT2D eigenvalue weighted by Gasteiger charge is 2.38. The largest absolute Gasteiger partial charge is 0.368 e. The molecule has 2 aliphatic heterocycles. The van der Waals surface area contributed by atoms with E-state index in [1.54, 1.807) is 12.1 Å². The van der Waals surface area contributed by atoms with Crippen LogP contribution in [0.2, 0.25) is 0 Å². The Kier molecular flexibility index (Phi) is 5.74. The van der Waals surface area contributed by atoms with Gasteiger partial charge in [0.05, 0.1) is 12.6 Å². The average Bonchev–Trinajstić information content (AvgIpc) is 3.20. The lowest BCUT2D eigenvalue weighted by molar-refractivity contribution is -0.143. The van der Waals surface area contributed by atoms with Crippen LogP contribution in [0, 0.1) is 11.7 Å². The Morgan fingerprint density at radius 3 is 2.79 bits per heavy atom. The van der Waals surface area contributed by atoms with E-state index in [2.05, 4.69) is 24.4 Å². The molecule has 0 saturated carbocycles. The third kappa shape index (κ3) is 3.82. The van der Waals surface area contributed by atoms with Crippen LogP contribution in [0.25, 0.3) is 0 Å². The third-order valence-corrected chi connectivity index (χ3v) is 5.79. The molecule has 1 saturated heterocycles. The van der Waals surface area contributed by atoms with Crippen LogP contribution in [-0.4, -0.2) is 43.2 Å². The minimum absolute atomic E-state index is 0.0443. The lowest BCUT2D eigenvalue weighted by Crippen LogP contribution is -2.45. The first-order valence-corrected chi connectivity index (χ1v) is 10.1. The Labute approximate surface area is 165 Å². The Balaban J connectivity index is 1.60. The third-order valence-electron chi connectivity index (χ3n) is 5.79. The molecule has 1 fully saturated rings. The zero-order chi connectivity index (χ0) is 19.5. The molecule has 4 nitrogen and oxygen atoms in total. The molecule has 0 aliphatic carbocycles. The second-order valence-corrected chi connectivity index (χ2v) is 7.67. The average molecular weight is 382 g/mol. The van der Waals surface area contributed by atoms with Crippen molar-refractivity contribution in [2.24, 2.45) is 5.92 Å². The maximum absolute atomic E-state index is 13.5. The zero-order valence-electron chi connectivity index (χ0n) is 16.2. The van der Waals surface area contributed by atoms with Crippen molar-refractivity contribution in [1.29, 1.82) is 0 Å². The molecule has 5 heteroatoms. The fourth-order valence-electron chi connectivity index (χ4n) is 4.35. The summed E-state index contributed by atoms with van der Waals surface area (Å²) < 4.78 is 19.4. The Morgan fingerprint density at radius 2 is 2.00 bits per heavy atom. The van der Waals surface area contributed by atoms with Crippen molar-refractivity contribution in [2.45, 2.75) is 31.9 Å². The predicted molar refractivity (Wildman–Crippen MR) is 106 cm³/mol. The SMILES string of the molecule is CCNC[C@@H]1CO[C@H](C(=O)N2CCc3ccccc3[C@@H]2c2ccc(F)cc2)C1. The van der Waals surface area contributed by atoms with E-state index >= 15 is 0 Å². The van der Waals surface area contributed by atoms with Crippen molar-refractivity contribution < 1.29 is 13.9 Å². The number of carbonyl (C=O) groups excluding carboxylic acids is 1. The van der Waals surface area contributed by atoms with Gasteiger partial charge in [-0.25, -0.2) is 4.39 Å². The molecule has 28 heavy (non-hydrogen) atoms. The van der Waals surface area contributed by atoms with Crippen molar-refractivity contribution >= 4 is 5.91 Å². The molecule has 0 spiro atoms. The number of hydrogen-bond donors (Lipinski definition) is 1. The van der Waals surface area contributed by atoms with Gasteiger partial charge in [0.25, 0.3) is 5.91 Å². The summed E-state index contributed by atoms with van der Waals surface area (Å²) in [6, 6.07) is 14.5. The second kappa shape index (κ2) is 8.41. The van der Waals surface area contributed by atoms with Crippen LogP contribution < -0.4 is 5.32 Å². The van der Waals surface area contributed by atoms with Gasteiger partial charge in [0.15, 0.2) is 0 Å². The molecule has 2 heterocycles. The fraction of sp³-hybridized carbons (Fsp3) is 0.435.